The number of aromatic nitrogens is 3. The van der Waals surface area contributed by atoms with Crippen molar-refractivity contribution >= 4 is 34.1 Å². The maximum absolute atomic E-state index is 11.9. The van der Waals surface area contributed by atoms with Gasteiger partial charge in [-0.25, -0.2) is 9.97 Å². The fraction of sp³-hybridized carbons (Fsp3) is 0.300. The van der Waals surface area contributed by atoms with Crippen molar-refractivity contribution in [3.8, 4) is 0 Å². The van der Waals surface area contributed by atoms with Crippen molar-refractivity contribution in [2.45, 2.75) is 37.8 Å². The number of primary amides is 1. The number of amides is 1. The van der Waals surface area contributed by atoms with Crippen molar-refractivity contribution in [2.75, 3.05) is 10.6 Å². The zero-order chi connectivity index (χ0) is 19.5. The van der Waals surface area contributed by atoms with Crippen LogP contribution in [0.25, 0.3) is 10.9 Å². The molecule has 2 aromatic heterocycles. The van der Waals surface area contributed by atoms with E-state index in [2.05, 4.69) is 25.6 Å². The van der Waals surface area contributed by atoms with Gasteiger partial charge in [0.05, 0.1) is 11.7 Å². The maximum Gasteiger partial charge on any atom is 0.271 e. The Morgan fingerprint density at radius 1 is 1.11 bits per heavy atom. The SMILES string of the molecule is NC(=O)c1ncc(NC2CCCCC2N)nc1Nc1cccc2ncccc12. The highest BCUT2D eigenvalue weighted by molar-refractivity contribution is 5.99. The number of nitrogens with zero attached hydrogens (tertiary/aromatic N) is 3. The summed E-state index contributed by atoms with van der Waals surface area (Å²) in [5, 5.41) is 7.47. The van der Waals surface area contributed by atoms with E-state index < -0.39 is 5.91 Å². The van der Waals surface area contributed by atoms with E-state index in [0.717, 1.165) is 42.3 Å². The van der Waals surface area contributed by atoms with Gasteiger partial charge in [0.1, 0.15) is 5.82 Å². The molecule has 6 N–H and O–H groups in total. The van der Waals surface area contributed by atoms with Crippen LogP contribution >= 0.6 is 0 Å². The molecule has 0 saturated heterocycles. The molecule has 0 spiro atoms. The minimum atomic E-state index is -0.644. The van der Waals surface area contributed by atoms with Crippen LogP contribution in [-0.4, -0.2) is 32.9 Å². The summed E-state index contributed by atoms with van der Waals surface area (Å²) in [7, 11) is 0. The predicted octanol–water partition coefficient (Wildman–Crippen LogP) is 2.55. The van der Waals surface area contributed by atoms with E-state index in [-0.39, 0.29) is 17.8 Å². The predicted molar refractivity (Wildman–Crippen MR) is 109 cm³/mol. The molecule has 28 heavy (non-hydrogen) atoms. The number of carbonyl (C=O) groups excluding carboxylic acids is 1. The Morgan fingerprint density at radius 2 is 1.96 bits per heavy atom. The molecule has 1 amide bonds. The second kappa shape index (κ2) is 7.77. The second-order valence-electron chi connectivity index (χ2n) is 7.02. The summed E-state index contributed by atoms with van der Waals surface area (Å²) >= 11 is 0. The topological polar surface area (TPSA) is 132 Å². The average Bonchev–Trinajstić information content (AvgIpc) is 2.70. The number of hydrogen-bond donors (Lipinski definition) is 4. The lowest BCUT2D eigenvalue weighted by Crippen LogP contribution is -2.42. The molecule has 2 atom stereocenters. The first-order chi connectivity index (χ1) is 13.6. The van der Waals surface area contributed by atoms with Gasteiger partial charge in [-0.3, -0.25) is 9.78 Å². The first-order valence-electron chi connectivity index (χ1n) is 9.41. The van der Waals surface area contributed by atoms with Crippen molar-refractivity contribution in [2.24, 2.45) is 11.5 Å². The van der Waals surface area contributed by atoms with Crippen LogP contribution in [0.3, 0.4) is 0 Å². The number of fused-ring (bicyclic) bond motifs is 1. The highest BCUT2D eigenvalue weighted by Gasteiger charge is 2.23. The zero-order valence-corrected chi connectivity index (χ0v) is 15.4. The monoisotopic (exact) mass is 377 g/mol. The second-order valence-corrected chi connectivity index (χ2v) is 7.02. The van der Waals surface area contributed by atoms with Crippen LogP contribution in [0.5, 0.6) is 0 Å². The van der Waals surface area contributed by atoms with Crippen LogP contribution in [0, 0.1) is 0 Å². The molecule has 0 bridgehead atoms. The summed E-state index contributed by atoms with van der Waals surface area (Å²) in [6, 6.07) is 9.72. The third-order valence-electron chi connectivity index (χ3n) is 5.06. The molecular weight excluding hydrogens is 354 g/mol. The molecule has 1 aliphatic rings. The number of anilines is 3. The molecule has 1 aromatic carbocycles. The molecule has 144 valence electrons. The zero-order valence-electron chi connectivity index (χ0n) is 15.4. The lowest BCUT2D eigenvalue weighted by molar-refractivity contribution is 0.0996. The third-order valence-corrected chi connectivity index (χ3v) is 5.06. The molecular formula is C20H23N7O. The van der Waals surface area contributed by atoms with Crippen LogP contribution in [0.15, 0.2) is 42.7 Å². The standard InChI is InChI=1S/C20H23N7O/c21-13-6-1-2-7-16(13)25-17-11-24-18(19(22)28)20(27-17)26-15-9-3-8-14-12(15)5-4-10-23-14/h3-5,8-11,13,16H,1-2,6-7,21H2,(H2,22,28)(H2,25,26,27). The van der Waals surface area contributed by atoms with E-state index in [9.17, 15) is 4.79 Å². The van der Waals surface area contributed by atoms with Crippen molar-refractivity contribution in [1.82, 2.24) is 15.0 Å². The van der Waals surface area contributed by atoms with Gasteiger partial charge in [0, 0.05) is 29.4 Å². The van der Waals surface area contributed by atoms with Gasteiger partial charge in [0.25, 0.3) is 5.91 Å². The lowest BCUT2D eigenvalue weighted by Gasteiger charge is -2.29. The van der Waals surface area contributed by atoms with Crippen molar-refractivity contribution in [3.05, 3.63) is 48.4 Å². The van der Waals surface area contributed by atoms with Gasteiger partial charge in [-0.1, -0.05) is 18.9 Å². The van der Waals surface area contributed by atoms with Crippen LogP contribution in [0.4, 0.5) is 17.3 Å². The van der Waals surface area contributed by atoms with Gasteiger partial charge >= 0.3 is 0 Å². The Balaban J connectivity index is 1.67. The summed E-state index contributed by atoms with van der Waals surface area (Å²) in [5.41, 5.74) is 13.4. The molecule has 8 heteroatoms. The number of hydrogen-bond acceptors (Lipinski definition) is 7. The summed E-state index contributed by atoms with van der Waals surface area (Å²) in [4.78, 5) is 25.0. The third kappa shape index (κ3) is 3.72. The first kappa shape index (κ1) is 18.1. The quantitative estimate of drug-likeness (QED) is 0.537. The molecule has 2 heterocycles. The molecule has 0 radical (unpaired) electrons. The molecule has 1 saturated carbocycles. The molecule has 2 unspecified atom stereocenters. The first-order valence-corrected chi connectivity index (χ1v) is 9.41. The molecule has 4 rings (SSSR count). The van der Waals surface area contributed by atoms with Gasteiger partial charge in [0.15, 0.2) is 11.5 Å². The minimum absolute atomic E-state index is 0.0758. The molecule has 0 aliphatic heterocycles. The normalized spacial score (nSPS) is 19.3. The Kier molecular flexibility index (Phi) is 5.03. The minimum Gasteiger partial charge on any atom is -0.364 e. The van der Waals surface area contributed by atoms with Crippen molar-refractivity contribution in [3.63, 3.8) is 0 Å². The van der Waals surface area contributed by atoms with Gasteiger partial charge in [-0.2, -0.15) is 0 Å². The summed E-state index contributed by atoms with van der Waals surface area (Å²) in [6.07, 6.45) is 7.51. The number of pyridine rings is 1. The average molecular weight is 377 g/mol. The Labute approximate surface area is 162 Å². The van der Waals surface area contributed by atoms with Crippen LogP contribution in [0.1, 0.15) is 36.2 Å². The Hall–Kier alpha value is -3.26. The van der Waals surface area contributed by atoms with Gasteiger partial charge in [-0.15, -0.1) is 0 Å². The molecule has 1 aliphatic carbocycles. The Morgan fingerprint density at radius 3 is 2.79 bits per heavy atom. The van der Waals surface area contributed by atoms with Crippen LogP contribution in [0.2, 0.25) is 0 Å². The van der Waals surface area contributed by atoms with Crippen molar-refractivity contribution < 1.29 is 4.79 Å². The van der Waals surface area contributed by atoms with Gasteiger partial charge in [-0.05, 0) is 37.1 Å². The van der Waals surface area contributed by atoms with E-state index >= 15 is 0 Å². The van der Waals surface area contributed by atoms with Crippen LogP contribution in [-0.2, 0) is 0 Å². The van der Waals surface area contributed by atoms with Crippen molar-refractivity contribution in [1.29, 1.82) is 0 Å². The van der Waals surface area contributed by atoms with E-state index in [0.29, 0.717) is 11.6 Å². The fourth-order valence-electron chi connectivity index (χ4n) is 3.59. The molecule has 1 fully saturated rings. The maximum atomic E-state index is 11.9. The highest BCUT2D eigenvalue weighted by Crippen LogP contribution is 2.27. The van der Waals surface area contributed by atoms with Crippen LogP contribution < -0.4 is 22.1 Å². The molecule has 3 aromatic rings. The number of benzene rings is 1. The largest absolute Gasteiger partial charge is 0.364 e. The fourth-order valence-corrected chi connectivity index (χ4v) is 3.59. The van der Waals surface area contributed by atoms with E-state index in [1.54, 1.807) is 6.20 Å². The molecule has 8 nitrogen and oxygen atoms in total. The van der Waals surface area contributed by atoms with E-state index in [1.807, 2.05) is 30.3 Å². The summed E-state index contributed by atoms with van der Waals surface area (Å²) in [5.74, 6) is 0.223. The number of nitrogens with one attached hydrogen (secondary N) is 2. The number of nitrogens with two attached hydrogens (primary N) is 2. The highest BCUT2D eigenvalue weighted by atomic mass is 16.1. The smallest absolute Gasteiger partial charge is 0.271 e. The lowest BCUT2D eigenvalue weighted by atomic mass is 9.91. The number of rotatable bonds is 5. The number of carbonyl (C=O) groups is 1. The Bertz CT molecular complexity index is 1000. The summed E-state index contributed by atoms with van der Waals surface area (Å²) < 4.78 is 0. The van der Waals surface area contributed by atoms with E-state index in [4.69, 9.17) is 11.5 Å². The van der Waals surface area contributed by atoms with E-state index in [1.165, 1.54) is 6.20 Å². The van der Waals surface area contributed by atoms with Gasteiger partial charge in [0.2, 0.25) is 0 Å². The summed E-state index contributed by atoms with van der Waals surface area (Å²) in [6.45, 7) is 0. The van der Waals surface area contributed by atoms with Gasteiger partial charge < -0.3 is 22.1 Å².